The summed E-state index contributed by atoms with van der Waals surface area (Å²) in [6, 6.07) is 0. The van der Waals surface area contributed by atoms with Crippen LogP contribution in [0.15, 0.2) is 0 Å². The Hall–Kier alpha value is -0.220. The minimum absolute atomic E-state index is 0.0937. The zero-order valence-corrected chi connectivity index (χ0v) is 10.5. The molecule has 0 aromatic carbocycles. The molecular formula is C11H22N2OS. The summed E-state index contributed by atoms with van der Waals surface area (Å²) < 4.78 is 0. The van der Waals surface area contributed by atoms with Gasteiger partial charge in [0.15, 0.2) is 0 Å². The average Bonchev–Trinajstić information content (AvgIpc) is 2.69. The molecule has 1 rings (SSSR count). The normalized spacial score (nSPS) is 20.9. The van der Waals surface area contributed by atoms with Crippen molar-refractivity contribution in [2.24, 2.45) is 11.8 Å². The van der Waals surface area contributed by atoms with Gasteiger partial charge >= 0.3 is 0 Å². The van der Waals surface area contributed by atoms with Crippen LogP contribution in [-0.2, 0) is 4.79 Å². The summed E-state index contributed by atoms with van der Waals surface area (Å²) in [7, 11) is 0. The lowest BCUT2D eigenvalue weighted by Gasteiger charge is -2.11. The van der Waals surface area contributed by atoms with Gasteiger partial charge in [-0.15, -0.1) is 0 Å². The number of rotatable bonds is 6. The Labute approximate surface area is 96.8 Å². The molecule has 1 amide bonds. The Morgan fingerprint density at radius 3 is 2.87 bits per heavy atom. The number of carbonyl (C=O) groups excluding carboxylic acids is 1. The number of hydrogen-bond acceptors (Lipinski definition) is 3. The van der Waals surface area contributed by atoms with Crippen LogP contribution in [0.4, 0.5) is 0 Å². The van der Waals surface area contributed by atoms with E-state index in [1.807, 2.05) is 25.6 Å². The molecular weight excluding hydrogens is 208 g/mol. The maximum absolute atomic E-state index is 11.2. The maximum Gasteiger partial charge on any atom is 0.222 e. The number of nitrogens with one attached hydrogen (secondary N) is 2. The Bertz CT molecular complexity index is 191. The number of thioether (sulfide) groups is 1. The SMILES string of the molecule is CC(C)C(=O)NCCNCC1CCSC1. The van der Waals surface area contributed by atoms with E-state index < -0.39 is 0 Å². The van der Waals surface area contributed by atoms with Gasteiger partial charge in [-0.2, -0.15) is 11.8 Å². The van der Waals surface area contributed by atoms with E-state index in [4.69, 9.17) is 0 Å². The summed E-state index contributed by atoms with van der Waals surface area (Å²) in [5.74, 6) is 3.70. The van der Waals surface area contributed by atoms with Crippen molar-refractivity contribution in [3.63, 3.8) is 0 Å². The second kappa shape index (κ2) is 7.12. The van der Waals surface area contributed by atoms with Crippen molar-refractivity contribution in [2.45, 2.75) is 20.3 Å². The fourth-order valence-corrected chi connectivity index (χ4v) is 2.81. The summed E-state index contributed by atoms with van der Waals surface area (Å²) in [6.07, 6.45) is 1.34. The Balaban J connectivity index is 1.90. The lowest BCUT2D eigenvalue weighted by Crippen LogP contribution is -2.35. The van der Waals surface area contributed by atoms with Crippen molar-refractivity contribution < 1.29 is 4.79 Å². The molecule has 88 valence electrons. The molecule has 1 atom stereocenters. The third-order valence-electron chi connectivity index (χ3n) is 2.58. The van der Waals surface area contributed by atoms with Gasteiger partial charge in [0.05, 0.1) is 0 Å². The molecule has 0 bridgehead atoms. The van der Waals surface area contributed by atoms with E-state index in [1.54, 1.807) is 0 Å². The monoisotopic (exact) mass is 230 g/mol. The first-order chi connectivity index (χ1) is 7.20. The Morgan fingerprint density at radius 1 is 1.47 bits per heavy atom. The fraction of sp³-hybridized carbons (Fsp3) is 0.909. The van der Waals surface area contributed by atoms with Crippen LogP contribution in [0.3, 0.4) is 0 Å². The van der Waals surface area contributed by atoms with Gasteiger partial charge in [0, 0.05) is 19.0 Å². The van der Waals surface area contributed by atoms with E-state index in [0.717, 1.165) is 25.6 Å². The van der Waals surface area contributed by atoms with Crippen LogP contribution in [-0.4, -0.2) is 37.0 Å². The molecule has 4 heteroatoms. The molecule has 1 aliphatic heterocycles. The van der Waals surface area contributed by atoms with E-state index in [1.165, 1.54) is 17.9 Å². The van der Waals surface area contributed by atoms with Crippen molar-refractivity contribution >= 4 is 17.7 Å². The third-order valence-corrected chi connectivity index (χ3v) is 3.81. The molecule has 1 heterocycles. The fourth-order valence-electron chi connectivity index (χ4n) is 1.53. The van der Waals surface area contributed by atoms with Crippen LogP contribution in [0.5, 0.6) is 0 Å². The molecule has 0 aliphatic carbocycles. The van der Waals surface area contributed by atoms with Crippen LogP contribution in [0.1, 0.15) is 20.3 Å². The molecule has 1 saturated heterocycles. The average molecular weight is 230 g/mol. The predicted octanol–water partition coefficient (Wildman–Crippen LogP) is 1.10. The molecule has 1 fully saturated rings. The number of hydrogen-bond donors (Lipinski definition) is 2. The first-order valence-electron chi connectivity index (χ1n) is 5.76. The molecule has 3 nitrogen and oxygen atoms in total. The van der Waals surface area contributed by atoms with Gasteiger partial charge in [0.2, 0.25) is 5.91 Å². The molecule has 0 spiro atoms. The largest absolute Gasteiger partial charge is 0.355 e. The number of amides is 1. The molecule has 0 aromatic heterocycles. The van der Waals surface area contributed by atoms with Gasteiger partial charge in [-0.05, 0) is 30.4 Å². The minimum Gasteiger partial charge on any atom is -0.355 e. The third kappa shape index (κ3) is 5.42. The topological polar surface area (TPSA) is 41.1 Å². The first kappa shape index (κ1) is 12.8. The molecule has 0 aromatic rings. The van der Waals surface area contributed by atoms with Crippen LogP contribution in [0.25, 0.3) is 0 Å². The van der Waals surface area contributed by atoms with Crippen LogP contribution >= 0.6 is 11.8 Å². The molecule has 1 aliphatic rings. The van der Waals surface area contributed by atoms with Gasteiger partial charge in [0.1, 0.15) is 0 Å². The quantitative estimate of drug-likeness (QED) is 0.671. The highest BCUT2D eigenvalue weighted by atomic mass is 32.2. The van der Waals surface area contributed by atoms with E-state index >= 15 is 0 Å². The molecule has 2 N–H and O–H groups in total. The van der Waals surface area contributed by atoms with Gasteiger partial charge in [-0.1, -0.05) is 13.8 Å². The summed E-state index contributed by atoms with van der Waals surface area (Å²) in [6.45, 7) is 6.57. The predicted molar refractivity (Wildman–Crippen MR) is 66.1 cm³/mol. The minimum atomic E-state index is 0.0937. The van der Waals surface area contributed by atoms with E-state index in [2.05, 4.69) is 10.6 Å². The second-order valence-electron chi connectivity index (χ2n) is 4.38. The highest BCUT2D eigenvalue weighted by molar-refractivity contribution is 7.99. The zero-order valence-electron chi connectivity index (χ0n) is 9.71. The van der Waals surface area contributed by atoms with Crippen LogP contribution in [0, 0.1) is 11.8 Å². The standard InChI is InChI=1S/C11H22N2OS/c1-9(2)11(14)13-5-4-12-7-10-3-6-15-8-10/h9-10,12H,3-8H2,1-2H3,(H,13,14). The van der Waals surface area contributed by atoms with Crippen molar-refractivity contribution in [1.29, 1.82) is 0 Å². The summed E-state index contributed by atoms with van der Waals surface area (Å²) in [5, 5.41) is 6.29. The lowest BCUT2D eigenvalue weighted by atomic mass is 10.1. The second-order valence-corrected chi connectivity index (χ2v) is 5.53. The van der Waals surface area contributed by atoms with Gasteiger partial charge in [0.25, 0.3) is 0 Å². The van der Waals surface area contributed by atoms with E-state index in [9.17, 15) is 4.79 Å². The van der Waals surface area contributed by atoms with Gasteiger partial charge in [-0.25, -0.2) is 0 Å². The van der Waals surface area contributed by atoms with Crippen molar-refractivity contribution in [3.8, 4) is 0 Å². The molecule has 15 heavy (non-hydrogen) atoms. The molecule has 0 saturated carbocycles. The van der Waals surface area contributed by atoms with Gasteiger partial charge in [-0.3, -0.25) is 4.79 Å². The highest BCUT2D eigenvalue weighted by Gasteiger charge is 2.14. The van der Waals surface area contributed by atoms with Gasteiger partial charge < -0.3 is 10.6 Å². The zero-order chi connectivity index (χ0) is 11.1. The van der Waals surface area contributed by atoms with E-state index in [-0.39, 0.29) is 11.8 Å². The maximum atomic E-state index is 11.2. The van der Waals surface area contributed by atoms with Crippen molar-refractivity contribution in [2.75, 3.05) is 31.1 Å². The number of carbonyl (C=O) groups is 1. The van der Waals surface area contributed by atoms with Crippen LogP contribution < -0.4 is 10.6 Å². The summed E-state index contributed by atoms with van der Waals surface area (Å²) in [4.78, 5) is 11.2. The molecule has 0 radical (unpaired) electrons. The smallest absolute Gasteiger partial charge is 0.222 e. The first-order valence-corrected chi connectivity index (χ1v) is 6.91. The highest BCUT2D eigenvalue weighted by Crippen LogP contribution is 2.22. The Morgan fingerprint density at radius 2 is 2.27 bits per heavy atom. The van der Waals surface area contributed by atoms with Crippen molar-refractivity contribution in [3.05, 3.63) is 0 Å². The van der Waals surface area contributed by atoms with Crippen molar-refractivity contribution in [1.82, 2.24) is 10.6 Å². The van der Waals surface area contributed by atoms with E-state index in [0.29, 0.717) is 0 Å². The lowest BCUT2D eigenvalue weighted by molar-refractivity contribution is -0.123. The van der Waals surface area contributed by atoms with Crippen LogP contribution in [0.2, 0.25) is 0 Å². The molecule has 1 unspecified atom stereocenters. The Kier molecular flexibility index (Phi) is 6.10. The summed E-state index contributed by atoms with van der Waals surface area (Å²) in [5.41, 5.74) is 0. The summed E-state index contributed by atoms with van der Waals surface area (Å²) >= 11 is 2.05.